The molecule has 3 heteroatoms. The van der Waals surface area contributed by atoms with Gasteiger partial charge >= 0.3 is 0 Å². The fourth-order valence-electron chi connectivity index (χ4n) is 2.48. The van der Waals surface area contributed by atoms with Crippen LogP contribution < -0.4 is 10.6 Å². The van der Waals surface area contributed by atoms with E-state index < -0.39 is 0 Å². The molecule has 0 spiro atoms. The van der Waals surface area contributed by atoms with Crippen molar-refractivity contribution in [3.8, 4) is 0 Å². The molecule has 2 nitrogen and oxygen atoms in total. The lowest BCUT2D eigenvalue weighted by Gasteiger charge is -2.20. The Bertz CT molecular complexity index is 425. The molecule has 0 aliphatic heterocycles. The van der Waals surface area contributed by atoms with Crippen LogP contribution in [0.1, 0.15) is 52.0 Å². The smallest absolute Gasteiger partial charge is 0.170 e. The molecule has 19 heavy (non-hydrogen) atoms. The molecule has 2 N–H and O–H groups in total. The van der Waals surface area contributed by atoms with Gasteiger partial charge < -0.3 is 10.6 Å². The average Bonchev–Trinajstić information content (AvgIpc) is 2.81. The van der Waals surface area contributed by atoms with Crippen LogP contribution in [-0.4, -0.2) is 11.2 Å². The van der Waals surface area contributed by atoms with E-state index in [0.717, 1.165) is 10.8 Å². The summed E-state index contributed by atoms with van der Waals surface area (Å²) in [7, 11) is 0. The Morgan fingerprint density at radius 1 is 1.11 bits per heavy atom. The second kappa shape index (κ2) is 5.91. The fourth-order valence-corrected chi connectivity index (χ4v) is 2.76. The van der Waals surface area contributed by atoms with Gasteiger partial charge in [-0.25, -0.2) is 0 Å². The molecule has 0 aromatic heterocycles. The highest BCUT2D eigenvalue weighted by atomic mass is 32.1. The Balaban J connectivity index is 1.90. The van der Waals surface area contributed by atoms with Gasteiger partial charge in [0.05, 0.1) is 0 Å². The van der Waals surface area contributed by atoms with Gasteiger partial charge in [-0.1, -0.05) is 45.7 Å². The van der Waals surface area contributed by atoms with E-state index in [1.165, 1.54) is 31.2 Å². The van der Waals surface area contributed by atoms with Crippen LogP contribution in [0.25, 0.3) is 0 Å². The molecule has 1 aromatic carbocycles. The van der Waals surface area contributed by atoms with Gasteiger partial charge in [0.2, 0.25) is 0 Å². The Morgan fingerprint density at radius 2 is 1.68 bits per heavy atom. The molecular weight excluding hydrogens is 252 g/mol. The first-order valence-electron chi connectivity index (χ1n) is 7.13. The monoisotopic (exact) mass is 276 g/mol. The molecular formula is C16H24N2S. The molecule has 0 radical (unpaired) electrons. The molecule has 0 saturated heterocycles. The van der Waals surface area contributed by atoms with Gasteiger partial charge in [0.1, 0.15) is 0 Å². The highest BCUT2D eigenvalue weighted by Crippen LogP contribution is 2.23. The van der Waals surface area contributed by atoms with E-state index in [-0.39, 0.29) is 5.41 Å². The first-order valence-corrected chi connectivity index (χ1v) is 7.54. The molecule has 0 heterocycles. The first kappa shape index (κ1) is 14.3. The lowest BCUT2D eigenvalue weighted by Crippen LogP contribution is -2.35. The van der Waals surface area contributed by atoms with E-state index in [1.54, 1.807) is 0 Å². The van der Waals surface area contributed by atoms with Crippen molar-refractivity contribution >= 4 is 23.0 Å². The van der Waals surface area contributed by atoms with Gasteiger partial charge in [-0.2, -0.15) is 0 Å². The molecule has 1 saturated carbocycles. The summed E-state index contributed by atoms with van der Waals surface area (Å²) >= 11 is 5.36. The number of hydrogen-bond acceptors (Lipinski definition) is 1. The molecule has 0 atom stereocenters. The van der Waals surface area contributed by atoms with E-state index in [9.17, 15) is 0 Å². The molecule has 1 aromatic rings. The number of benzene rings is 1. The van der Waals surface area contributed by atoms with Crippen LogP contribution in [0.5, 0.6) is 0 Å². The SMILES string of the molecule is CC(C)(C)c1ccc(NC(=S)NC2CCCC2)cc1. The second-order valence-corrected chi connectivity index (χ2v) is 6.82. The predicted molar refractivity (Wildman–Crippen MR) is 86.8 cm³/mol. The molecule has 104 valence electrons. The maximum atomic E-state index is 5.36. The van der Waals surface area contributed by atoms with Crippen LogP contribution >= 0.6 is 12.2 Å². The summed E-state index contributed by atoms with van der Waals surface area (Å²) in [6.45, 7) is 6.67. The van der Waals surface area contributed by atoms with E-state index in [0.29, 0.717) is 6.04 Å². The minimum Gasteiger partial charge on any atom is -0.360 e. The van der Waals surface area contributed by atoms with Gasteiger partial charge in [-0.3, -0.25) is 0 Å². The maximum Gasteiger partial charge on any atom is 0.170 e. The van der Waals surface area contributed by atoms with Crippen LogP contribution in [-0.2, 0) is 5.41 Å². The lowest BCUT2D eigenvalue weighted by atomic mass is 9.87. The van der Waals surface area contributed by atoms with Crippen LogP contribution in [0.3, 0.4) is 0 Å². The standard InChI is InChI=1S/C16H24N2S/c1-16(2,3)12-8-10-14(11-9-12)18-15(19)17-13-6-4-5-7-13/h8-11,13H,4-7H2,1-3H3,(H2,17,18,19). The largest absolute Gasteiger partial charge is 0.360 e. The van der Waals surface area contributed by atoms with Crippen molar-refractivity contribution in [3.63, 3.8) is 0 Å². The Hall–Kier alpha value is -1.09. The third-order valence-electron chi connectivity index (χ3n) is 3.70. The Morgan fingerprint density at radius 3 is 2.21 bits per heavy atom. The number of thiocarbonyl (C=S) groups is 1. The third kappa shape index (κ3) is 4.20. The van der Waals surface area contributed by atoms with Crippen molar-refractivity contribution in [2.75, 3.05) is 5.32 Å². The molecule has 0 unspecified atom stereocenters. The van der Waals surface area contributed by atoms with E-state index in [1.807, 2.05) is 0 Å². The van der Waals surface area contributed by atoms with Crippen molar-refractivity contribution in [1.29, 1.82) is 0 Å². The van der Waals surface area contributed by atoms with Crippen molar-refractivity contribution in [3.05, 3.63) is 29.8 Å². The highest BCUT2D eigenvalue weighted by Gasteiger charge is 2.16. The number of rotatable bonds is 2. The van der Waals surface area contributed by atoms with Crippen molar-refractivity contribution in [2.24, 2.45) is 0 Å². The summed E-state index contributed by atoms with van der Waals surface area (Å²) in [5.41, 5.74) is 2.59. The van der Waals surface area contributed by atoms with Crippen LogP contribution in [0.4, 0.5) is 5.69 Å². The summed E-state index contributed by atoms with van der Waals surface area (Å²) in [5, 5.41) is 7.41. The average molecular weight is 276 g/mol. The van der Waals surface area contributed by atoms with Gasteiger partial charge in [0.15, 0.2) is 5.11 Å². The Kier molecular flexibility index (Phi) is 4.46. The molecule has 2 rings (SSSR count). The minimum absolute atomic E-state index is 0.196. The maximum absolute atomic E-state index is 5.36. The quantitative estimate of drug-likeness (QED) is 0.791. The summed E-state index contributed by atoms with van der Waals surface area (Å²) in [4.78, 5) is 0. The van der Waals surface area contributed by atoms with Crippen molar-refractivity contribution < 1.29 is 0 Å². The van der Waals surface area contributed by atoms with Gasteiger partial charge in [-0.15, -0.1) is 0 Å². The molecule has 0 bridgehead atoms. The summed E-state index contributed by atoms with van der Waals surface area (Å²) in [6, 6.07) is 9.10. The van der Waals surface area contributed by atoms with E-state index >= 15 is 0 Å². The normalized spacial score (nSPS) is 16.4. The van der Waals surface area contributed by atoms with Gasteiger partial charge in [0, 0.05) is 11.7 Å². The van der Waals surface area contributed by atoms with Crippen LogP contribution in [0.15, 0.2) is 24.3 Å². The minimum atomic E-state index is 0.196. The zero-order valence-corrected chi connectivity index (χ0v) is 12.9. The van der Waals surface area contributed by atoms with Gasteiger partial charge in [0.25, 0.3) is 0 Å². The van der Waals surface area contributed by atoms with Crippen LogP contribution in [0, 0.1) is 0 Å². The lowest BCUT2D eigenvalue weighted by molar-refractivity contribution is 0.590. The zero-order valence-electron chi connectivity index (χ0n) is 12.1. The molecule has 1 aliphatic rings. The Labute approximate surface area is 122 Å². The van der Waals surface area contributed by atoms with E-state index in [2.05, 4.69) is 55.7 Å². The third-order valence-corrected chi connectivity index (χ3v) is 3.92. The molecule has 1 fully saturated rings. The zero-order chi connectivity index (χ0) is 13.9. The summed E-state index contributed by atoms with van der Waals surface area (Å²) in [5.74, 6) is 0. The number of anilines is 1. The summed E-state index contributed by atoms with van der Waals surface area (Å²) < 4.78 is 0. The molecule has 1 aliphatic carbocycles. The highest BCUT2D eigenvalue weighted by molar-refractivity contribution is 7.80. The molecule has 0 amide bonds. The fraction of sp³-hybridized carbons (Fsp3) is 0.562. The second-order valence-electron chi connectivity index (χ2n) is 6.41. The number of hydrogen-bond donors (Lipinski definition) is 2. The van der Waals surface area contributed by atoms with Gasteiger partial charge in [-0.05, 0) is 48.2 Å². The summed E-state index contributed by atoms with van der Waals surface area (Å²) in [6.07, 6.45) is 5.12. The predicted octanol–water partition coefficient (Wildman–Crippen LogP) is 4.21. The van der Waals surface area contributed by atoms with Crippen molar-refractivity contribution in [1.82, 2.24) is 5.32 Å². The van der Waals surface area contributed by atoms with E-state index in [4.69, 9.17) is 12.2 Å². The van der Waals surface area contributed by atoms with Crippen molar-refractivity contribution in [2.45, 2.75) is 57.9 Å². The van der Waals surface area contributed by atoms with Crippen LogP contribution in [0.2, 0.25) is 0 Å². The number of nitrogens with one attached hydrogen (secondary N) is 2. The first-order chi connectivity index (χ1) is 8.95. The topological polar surface area (TPSA) is 24.1 Å².